The highest BCUT2D eigenvalue weighted by Gasteiger charge is 2.37. The number of cyclic esters (lactones) is 1. The zero-order valence-electron chi connectivity index (χ0n) is 24.2. The summed E-state index contributed by atoms with van der Waals surface area (Å²) in [5, 5.41) is 1.05. The summed E-state index contributed by atoms with van der Waals surface area (Å²) in [4.78, 5) is 47.0. The van der Waals surface area contributed by atoms with Crippen LogP contribution in [0.1, 0.15) is 90.9 Å². The molecule has 1 atom stereocenters. The Kier molecular flexibility index (Phi) is 13.5. The summed E-state index contributed by atoms with van der Waals surface area (Å²) in [5.41, 5.74) is 0.841. The smallest absolute Gasteiger partial charge is 0.414 e. The molecule has 9 nitrogen and oxygen atoms in total. The maximum Gasteiger partial charge on any atom is 0.414 e. The van der Waals surface area contributed by atoms with Crippen molar-refractivity contribution in [3.63, 3.8) is 0 Å². The molecule has 0 spiro atoms. The number of anilines is 2. The number of benzene rings is 1. The molecule has 0 N–H and O–H groups in total. The predicted octanol–water partition coefficient (Wildman–Crippen LogP) is 6.00. The van der Waals surface area contributed by atoms with Gasteiger partial charge in [0, 0.05) is 31.6 Å². The van der Waals surface area contributed by atoms with Gasteiger partial charge in [-0.15, -0.1) is 0 Å². The molecule has 40 heavy (non-hydrogen) atoms. The molecule has 10 heteroatoms. The maximum absolute atomic E-state index is 15.1. The third kappa shape index (κ3) is 9.94. The molecule has 0 radical (unpaired) electrons. The quantitative estimate of drug-likeness (QED) is 0.180. The van der Waals surface area contributed by atoms with E-state index in [2.05, 4.69) is 13.8 Å². The minimum Gasteiger partial charge on any atom is -0.442 e. The number of hydrogen-bond acceptors (Lipinski definition) is 7. The molecule has 2 fully saturated rings. The summed E-state index contributed by atoms with van der Waals surface area (Å²) >= 11 is 0. The van der Waals surface area contributed by atoms with E-state index in [1.807, 2.05) is 4.90 Å². The molecule has 2 saturated heterocycles. The van der Waals surface area contributed by atoms with E-state index in [0.717, 1.165) is 62.1 Å². The molecule has 2 aliphatic heterocycles. The van der Waals surface area contributed by atoms with E-state index in [9.17, 15) is 14.4 Å². The molecule has 1 aromatic carbocycles. The second-order valence-corrected chi connectivity index (χ2v) is 10.6. The van der Waals surface area contributed by atoms with E-state index in [-0.39, 0.29) is 37.5 Å². The maximum atomic E-state index is 15.1. The fourth-order valence-corrected chi connectivity index (χ4v) is 4.97. The van der Waals surface area contributed by atoms with E-state index in [4.69, 9.17) is 14.3 Å². The molecule has 0 bridgehead atoms. The second kappa shape index (κ2) is 17.0. The van der Waals surface area contributed by atoms with E-state index in [1.54, 1.807) is 12.1 Å². The number of rotatable bonds is 16. The lowest BCUT2D eigenvalue weighted by atomic mass is 10.1. The first kappa shape index (κ1) is 31.6. The number of amides is 2. The van der Waals surface area contributed by atoms with Gasteiger partial charge in [-0.05, 0) is 31.0 Å². The zero-order chi connectivity index (χ0) is 28.7. The van der Waals surface area contributed by atoms with Crippen LogP contribution in [0.5, 0.6) is 0 Å². The van der Waals surface area contributed by atoms with Crippen molar-refractivity contribution in [3.8, 4) is 0 Å². The van der Waals surface area contributed by atoms with Crippen LogP contribution in [0.4, 0.5) is 20.6 Å². The van der Waals surface area contributed by atoms with Gasteiger partial charge in [0.25, 0.3) is 5.91 Å². The number of unbranched alkanes of at least 4 members (excludes halogenated alkanes) is 8. The molecule has 0 aliphatic carbocycles. The van der Waals surface area contributed by atoms with Crippen molar-refractivity contribution >= 4 is 29.3 Å². The van der Waals surface area contributed by atoms with Gasteiger partial charge in [0.2, 0.25) is 0 Å². The van der Waals surface area contributed by atoms with Gasteiger partial charge in [-0.2, -0.15) is 5.06 Å². The lowest BCUT2D eigenvalue weighted by Crippen LogP contribution is -2.40. The van der Waals surface area contributed by atoms with Crippen LogP contribution in [-0.4, -0.2) is 68.5 Å². The van der Waals surface area contributed by atoms with Crippen molar-refractivity contribution in [1.82, 2.24) is 5.06 Å². The van der Waals surface area contributed by atoms with Gasteiger partial charge < -0.3 is 19.2 Å². The second-order valence-electron chi connectivity index (χ2n) is 10.6. The molecule has 2 aliphatic rings. The van der Waals surface area contributed by atoms with Crippen LogP contribution < -0.4 is 9.80 Å². The van der Waals surface area contributed by atoms with E-state index < -0.39 is 24.0 Å². The molecule has 224 valence electrons. The Balaban J connectivity index is 1.60. The Bertz CT molecular complexity index is 955. The standard InChI is InChI=1S/C30H46FN3O6/c1-3-5-7-9-11-13-28(35)34(40-29(36)14-12-10-8-6-4-2)23-25-22-33(30(37)39-25)27-16-15-24(21-26(27)31)32-17-19-38-20-18-32/h15-16,21,25H,3-14,17-20,22-23H2,1-2H3/t25-/m1/s1. The number of halogens is 1. The van der Waals surface area contributed by atoms with Gasteiger partial charge >= 0.3 is 12.1 Å². The molecule has 0 saturated carbocycles. The Labute approximate surface area is 237 Å². The number of carbonyl (C=O) groups is 3. The topological polar surface area (TPSA) is 88.6 Å². The third-order valence-electron chi connectivity index (χ3n) is 7.31. The number of hydrogen-bond donors (Lipinski definition) is 0. The summed E-state index contributed by atoms with van der Waals surface area (Å²) in [7, 11) is 0. The first-order valence-corrected chi connectivity index (χ1v) is 15.0. The van der Waals surface area contributed by atoms with Crippen LogP contribution in [0.15, 0.2) is 18.2 Å². The van der Waals surface area contributed by atoms with E-state index in [1.165, 1.54) is 11.0 Å². The van der Waals surface area contributed by atoms with Gasteiger partial charge in [0.1, 0.15) is 11.9 Å². The van der Waals surface area contributed by atoms with E-state index >= 15 is 4.39 Å². The Morgan fingerprint density at radius 3 is 2.27 bits per heavy atom. The molecule has 1 aromatic rings. The molecule has 0 unspecified atom stereocenters. The first-order valence-electron chi connectivity index (χ1n) is 15.0. The Morgan fingerprint density at radius 1 is 0.975 bits per heavy atom. The average molecular weight is 564 g/mol. The highest BCUT2D eigenvalue weighted by molar-refractivity contribution is 5.90. The SMILES string of the molecule is CCCCCCCC(=O)ON(C[C@H]1CN(c2ccc(N3CCOCC3)cc2F)C(=O)O1)C(=O)CCCCCCC. The summed E-state index contributed by atoms with van der Waals surface area (Å²) in [6, 6.07) is 4.76. The van der Waals surface area contributed by atoms with Crippen molar-refractivity contribution in [3.05, 3.63) is 24.0 Å². The van der Waals surface area contributed by atoms with Crippen LogP contribution in [0.3, 0.4) is 0 Å². The van der Waals surface area contributed by atoms with Crippen LogP contribution in [0, 0.1) is 5.82 Å². The van der Waals surface area contributed by atoms with Crippen LogP contribution in [0.25, 0.3) is 0 Å². The molecule has 0 aromatic heterocycles. The van der Waals surface area contributed by atoms with Crippen molar-refractivity contribution in [1.29, 1.82) is 0 Å². The Morgan fingerprint density at radius 2 is 1.62 bits per heavy atom. The van der Waals surface area contributed by atoms with Gasteiger partial charge in [0.05, 0.1) is 32.0 Å². The van der Waals surface area contributed by atoms with Gasteiger partial charge in [-0.1, -0.05) is 65.2 Å². The summed E-state index contributed by atoms with van der Waals surface area (Å²) in [5.74, 6) is -1.32. The lowest BCUT2D eigenvalue weighted by Gasteiger charge is -2.29. The van der Waals surface area contributed by atoms with Gasteiger partial charge in [0.15, 0.2) is 0 Å². The van der Waals surface area contributed by atoms with Crippen LogP contribution >= 0.6 is 0 Å². The summed E-state index contributed by atoms with van der Waals surface area (Å²) in [6.07, 6.45) is 8.82. The summed E-state index contributed by atoms with van der Waals surface area (Å²) < 4.78 is 25.9. The number of carbonyl (C=O) groups excluding carboxylic acids is 3. The van der Waals surface area contributed by atoms with Crippen molar-refractivity contribution < 1.29 is 33.1 Å². The molecular formula is C30H46FN3O6. The number of ether oxygens (including phenoxy) is 2. The van der Waals surface area contributed by atoms with Crippen molar-refractivity contribution in [2.24, 2.45) is 0 Å². The van der Waals surface area contributed by atoms with Crippen LogP contribution in [-0.2, 0) is 23.9 Å². The first-order chi connectivity index (χ1) is 19.4. The fraction of sp³-hybridized carbons (Fsp3) is 0.700. The third-order valence-corrected chi connectivity index (χ3v) is 7.31. The van der Waals surface area contributed by atoms with E-state index in [0.29, 0.717) is 39.1 Å². The van der Waals surface area contributed by atoms with Gasteiger partial charge in [-0.25, -0.2) is 14.0 Å². The number of hydroxylamine groups is 2. The normalized spacial score (nSPS) is 17.2. The lowest BCUT2D eigenvalue weighted by molar-refractivity contribution is -0.202. The molecular weight excluding hydrogens is 517 g/mol. The van der Waals surface area contributed by atoms with Gasteiger partial charge in [-0.3, -0.25) is 9.69 Å². The highest BCUT2D eigenvalue weighted by atomic mass is 19.1. The predicted molar refractivity (Wildman–Crippen MR) is 152 cm³/mol. The molecule has 2 heterocycles. The van der Waals surface area contributed by atoms with Crippen molar-refractivity contribution in [2.45, 2.75) is 97.0 Å². The number of nitrogens with zero attached hydrogens (tertiary/aromatic N) is 3. The monoisotopic (exact) mass is 563 g/mol. The minimum atomic E-state index is -0.757. The van der Waals surface area contributed by atoms with Crippen LogP contribution in [0.2, 0.25) is 0 Å². The molecule has 2 amide bonds. The highest BCUT2D eigenvalue weighted by Crippen LogP contribution is 2.29. The largest absolute Gasteiger partial charge is 0.442 e. The zero-order valence-corrected chi connectivity index (χ0v) is 24.2. The van der Waals surface area contributed by atoms with Crippen molar-refractivity contribution in [2.75, 3.05) is 49.2 Å². The molecule has 3 rings (SSSR count). The average Bonchev–Trinajstić information content (AvgIpc) is 3.32. The Hall–Kier alpha value is -2.88. The number of morpholine rings is 1. The fourth-order valence-electron chi connectivity index (χ4n) is 4.97. The minimum absolute atomic E-state index is 0.0432. The summed E-state index contributed by atoms with van der Waals surface area (Å²) in [6.45, 7) is 6.73.